The smallest absolute Gasteiger partial charge is 0.266 e. The molecular formula is C14H16N2O2S. The number of hydrogen-bond acceptors (Lipinski definition) is 3. The summed E-state index contributed by atoms with van der Waals surface area (Å²) in [5.41, 5.74) is 0.958. The van der Waals surface area contributed by atoms with Crippen molar-refractivity contribution in [2.45, 2.75) is 13.0 Å². The first-order valence-electron chi connectivity index (χ1n) is 6.37. The van der Waals surface area contributed by atoms with Crippen LogP contribution in [-0.4, -0.2) is 41.2 Å². The highest BCUT2D eigenvalue weighted by atomic mass is 32.1. The van der Waals surface area contributed by atoms with Gasteiger partial charge in [0.15, 0.2) is 0 Å². The van der Waals surface area contributed by atoms with Gasteiger partial charge in [-0.2, -0.15) is 0 Å². The molecule has 2 aromatic heterocycles. The average Bonchev–Trinajstić information content (AvgIpc) is 3.08. The van der Waals surface area contributed by atoms with E-state index in [1.54, 1.807) is 0 Å². The summed E-state index contributed by atoms with van der Waals surface area (Å²) in [6, 6.07) is 5.91. The van der Waals surface area contributed by atoms with E-state index in [0.717, 1.165) is 10.6 Å². The van der Waals surface area contributed by atoms with Crippen molar-refractivity contribution in [3.05, 3.63) is 40.8 Å². The van der Waals surface area contributed by atoms with Gasteiger partial charge in [-0.05, 0) is 30.5 Å². The average molecular weight is 276 g/mol. The predicted octanol–water partition coefficient (Wildman–Crippen LogP) is 2.40. The van der Waals surface area contributed by atoms with Gasteiger partial charge < -0.3 is 14.2 Å². The summed E-state index contributed by atoms with van der Waals surface area (Å²) in [5, 5.41) is 1.96. The van der Waals surface area contributed by atoms with Crippen molar-refractivity contribution < 1.29 is 9.53 Å². The third kappa shape index (κ3) is 2.43. The second-order valence-electron chi connectivity index (χ2n) is 4.66. The van der Waals surface area contributed by atoms with Gasteiger partial charge in [-0.1, -0.05) is 0 Å². The van der Waals surface area contributed by atoms with E-state index in [4.69, 9.17) is 4.74 Å². The lowest BCUT2D eigenvalue weighted by Crippen LogP contribution is -2.44. The van der Waals surface area contributed by atoms with Gasteiger partial charge in [0, 0.05) is 25.5 Å². The molecule has 5 heteroatoms. The molecule has 0 spiro atoms. The predicted molar refractivity (Wildman–Crippen MR) is 75.0 cm³/mol. The molecule has 0 unspecified atom stereocenters. The Labute approximate surface area is 116 Å². The maximum absolute atomic E-state index is 12.6. The van der Waals surface area contributed by atoms with E-state index in [-0.39, 0.29) is 12.0 Å². The van der Waals surface area contributed by atoms with Crippen molar-refractivity contribution >= 4 is 17.2 Å². The molecule has 3 rings (SSSR count). The normalized spacial score (nSPS) is 19.6. The monoisotopic (exact) mass is 276 g/mol. The number of carbonyl (C=O) groups excluding carboxylic acids is 1. The minimum absolute atomic E-state index is 0.105. The quantitative estimate of drug-likeness (QED) is 0.844. The lowest BCUT2D eigenvalue weighted by Gasteiger charge is -2.31. The van der Waals surface area contributed by atoms with Gasteiger partial charge in [-0.25, -0.2) is 0 Å². The first kappa shape index (κ1) is 12.4. The van der Waals surface area contributed by atoms with E-state index in [1.807, 2.05) is 52.4 Å². The van der Waals surface area contributed by atoms with E-state index in [0.29, 0.717) is 19.7 Å². The SMILES string of the molecule is C[C@H]1CN(C(=O)c2sccc2-n2cccc2)CCO1. The summed E-state index contributed by atoms with van der Waals surface area (Å²) in [4.78, 5) is 15.3. The van der Waals surface area contributed by atoms with E-state index >= 15 is 0 Å². The van der Waals surface area contributed by atoms with Crippen LogP contribution in [-0.2, 0) is 4.74 Å². The van der Waals surface area contributed by atoms with Gasteiger partial charge in [0.05, 0.1) is 18.4 Å². The highest BCUT2D eigenvalue weighted by Crippen LogP contribution is 2.24. The van der Waals surface area contributed by atoms with E-state index in [1.165, 1.54) is 11.3 Å². The highest BCUT2D eigenvalue weighted by Gasteiger charge is 2.25. The molecule has 1 atom stereocenters. The van der Waals surface area contributed by atoms with Crippen LogP contribution in [0.1, 0.15) is 16.6 Å². The molecule has 4 nitrogen and oxygen atoms in total. The summed E-state index contributed by atoms with van der Waals surface area (Å²) >= 11 is 1.50. The van der Waals surface area contributed by atoms with Crippen molar-refractivity contribution in [1.82, 2.24) is 9.47 Å². The molecule has 1 amide bonds. The van der Waals surface area contributed by atoms with Crippen molar-refractivity contribution in [1.29, 1.82) is 0 Å². The summed E-state index contributed by atoms with van der Waals surface area (Å²) in [6.45, 7) is 3.96. The lowest BCUT2D eigenvalue weighted by atomic mass is 10.2. The molecule has 0 radical (unpaired) electrons. The molecular weight excluding hydrogens is 260 g/mol. The number of morpholine rings is 1. The molecule has 0 N–H and O–H groups in total. The van der Waals surface area contributed by atoms with Crippen LogP contribution < -0.4 is 0 Å². The van der Waals surface area contributed by atoms with Gasteiger partial charge in [0.25, 0.3) is 5.91 Å². The zero-order valence-electron chi connectivity index (χ0n) is 10.8. The first-order valence-corrected chi connectivity index (χ1v) is 7.25. The Bertz CT molecular complexity index is 562. The van der Waals surface area contributed by atoms with Crippen molar-refractivity contribution in [3.8, 4) is 5.69 Å². The third-order valence-corrected chi connectivity index (χ3v) is 4.14. The maximum atomic E-state index is 12.6. The number of nitrogens with zero attached hydrogens (tertiary/aromatic N) is 2. The van der Waals surface area contributed by atoms with Crippen LogP contribution in [0.3, 0.4) is 0 Å². The van der Waals surface area contributed by atoms with Crippen LogP contribution in [0, 0.1) is 0 Å². The Balaban J connectivity index is 1.86. The number of aromatic nitrogens is 1. The zero-order valence-corrected chi connectivity index (χ0v) is 11.6. The fourth-order valence-electron chi connectivity index (χ4n) is 2.31. The third-order valence-electron chi connectivity index (χ3n) is 3.25. The highest BCUT2D eigenvalue weighted by molar-refractivity contribution is 7.12. The summed E-state index contributed by atoms with van der Waals surface area (Å²) in [6.07, 6.45) is 4.04. The first-order chi connectivity index (χ1) is 9.25. The van der Waals surface area contributed by atoms with Gasteiger partial charge in [-0.3, -0.25) is 4.79 Å². The van der Waals surface area contributed by atoms with Crippen LogP contribution in [0.4, 0.5) is 0 Å². The molecule has 0 bridgehead atoms. The topological polar surface area (TPSA) is 34.5 Å². The number of hydrogen-bond donors (Lipinski definition) is 0. The summed E-state index contributed by atoms with van der Waals surface area (Å²) < 4.78 is 7.46. The molecule has 1 saturated heterocycles. The molecule has 1 aliphatic rings. The number of thiophene rings is 1. The molecule has 0 saturated carbocycles. The second-order valence-corrected chi connectivity index (χ2v) is 5.57. The molecule has 19 heavy (non-hydrogen) atoms. The minimum Gasteiger partial charge on any atom is -0.375 e. The van der Waals surface area contributed by atoms with Gasteiger partial charge in [0.2, 0.25) is 0 Å². The molecule has 2 aromatic rings. The van der Waals surface area contributed by atoms with Crippen LogP contribution in [0.2, 0.25) is 0 Å². The van der Waals surface area contributed by atoms with Crippen molar-refractivity contribution in [2.24, 2.45) is 0 Å². The fraction of sp³-hybridized carbons (Fsp3) is 0.357. The van der Waals surface area contributed by atoms with Crippen molar-refractivity contribution in [3.63, 3.8) is 0 Å². The van der Waals surface area contributed by atoms with Crippen molar-refractivity contribution in [2.75, 3.05) is 19.7 Å². The number of carbonyl (C=O) groups is 1. The fourth-order valence-corrected chi connectivity index (χ4v) is 3.16. The lowest BCUT2D eigenvalue weighted by molar-refractivity contribution is -0.0122. The minimum atomic E-state index is 0.105. The second kappa shape index (κ2) is 5.19. The Hall–Kier alpha value is -1.59. The van der Waals surface area contributed by atoms with Crippen LogP contribution in [0.5, 0.6) is 0 Å². The Morgan fingerprint density at radius 2 is 2.21 bits per heavy atom. The Kier molecular flexibility index (Phi) is 3.40. The molecule has 3 heterocycles. The largest absolute Gasteiger partial charge is 0.375 e. The van der Waals surface area contributed by atoms with Gasteiger partial charge in [-0.15, -0.1) is 11.3 Å². The number of rotatable bonds is 2. The Morgan fingerprint density at radius 3 is 2.95 bits per heavy atom. The summed E-state index contributed by atoms with van der Waals surface area (Å²) in [7, 11) is 0. The molecule has 1 aliphatic heterocycles. The van der Waals surface area contributed by atoms with E-state index in [9.17, 15) is 4.79 Å². The molecule has 0 aliphatic carbocycles. The van der Waals surface area contributed by atoms with E-state index in [2.05, 4.69) is 0 Å². The standard InChI is InChI=1S/C14H16N2O2S/c1-11-10-16(7-8-18-11)14(17)13-12(4-9-19-13)15-5-2-3-6-15/h2-6,9,11H,7-8,10H2,1H3/t11-/m0/s1. The zero-order chi connectivity index (χ0) is 13.2. The molecule has 1 fully saturated rings. The maximum Gasteiger partial charge on any atom is 0.266 e. The van der Waals surface area contributed by atoms with Gasteiger partial charge >= 0.3 is 0 Å². The summed E-state index contributed by atoms with van der Waals surface area (Å²) in [5.74, 6) is 0.105. The number of amides is 1. The Morgan fingerprint density at radius 1 is 1.42 bits per heavy atom. The van der Waals surface area contributed by atoms with Crippen LogP contribution >= 0.6 is 11.3 Å². The number of ether oxygens (including phenoxy) is 1. The van der Waals surface area contributed by atoms with Crippen LogP contribution in [0.15, 0.2) is 36.0 Å². The molecule has 100 valence electrons. The van der Waals surface area contributed by atoms with Gasteiger partial charge in [0.1, 0.15) is 4.88 Å². The van der Waals surface area contributed by atoms with E-state index < -0.39 is 0 Å². The van der Waals surface area contributed by atoms with Crippen LogP contribution in [0.25, 0.3) is 5.69 Å². The molecule has 0 aromatic carbocycles.